The van der Waals surface area contributed by atoms with Crippen molar-refractivity contribution < 1.29 is 0 Å². The van der Waals surface area contributed by atoms with Crippen LogP contribution in [-0.4, -0.2) is 0 Å². The summed E-state index contributed by atoms with van der Waals surface area (Å²) in [6.45, 7) is 0. The molecule has 0 aliphatic carbocycles. The fourth-order valence-electron chi connectivity index (χ4n) is 1.50. The summed E-state index contributed by atoms with van der Waals surface area (Å²) in [7, 11) is 0. The first-order chi connectivity index (χ1) is 7.16. The van der Waals surface area contributed by atoms with E-state index in [9.17, 15) is 0 Å². The first kappa shape index (κ1) is 10.1. The van der Waals surface area contributed by atoms with E-state index in [4.69, 9.17) is 11.5 Å². The first-order valence-electron chi connectivity index (χ1n) is 4.58. The highest BCUT2D eigenvalue weighted by Gasteiger charge is 2.02. The number of halogens is 1. The molecule has 0 bridgehead atoms. The highest BCUT2D eigenvalue weighted by atomic mass is 79.9. The Labute approximate surface area is 97.0 Å². The lowest BCUT2D eigenvalue weighted by atomic mass is 10.0. The molecule has 0 aromatic heterocycles. The van der Waals surface area contributed by atoms with E-state index in [2.05, 4.69) is 15.9 Å². The molecule has 2 aromatic rings. The number of nitrogen functional groups attached to an aromatic ring is 2. The molecule has 2 aromatic carbocycles. The second kappa shape index (κ2) is 3.95. The van der Waals surface area contributed by atoms with E-state index in [0.717, 1.165) is 15.6 Å². The first-order valence-corrected chi connectivity index (χ1v) is 5.37. The molecule has 4 N–H and O–H groups in total. The van der Waals surface area contributed by atoms with Gasteiger partial charge >= 0.3 is 0 Å². The minimum Gasteiger partial charge on any atom is -0.399 e. The predicted molar refractivity (Wildman–Crippen MR) is 68.4 cm³/mol. The number of hydrogen-bond acceptors (Lipinski definition) is 2. The highest BCUT2D eigenvalue weighted by Crippen LogP contribution is 2.29. The summed E-state index contributed by atoms with van der Waals surface area (Å²) in [6, 6.07) is 13.6. The van der Waals surface area contributed by atoms with Gasteiger partial charge in [-0.05, 0) is 29.8 Å². The van der Waals surface area contributed by atoms with Gasteiger partial charge in [0.25, 0.3) is 0 Å². The normalized spacial score (nSPS) is 10.2. The summed E-state index contributed by atoms with van der Waals surface area (Å²) in [5.74, 6) is 0. The van der Waals surface area contributed by atoms with Crippen LogP contribution in [0.25, 0.3) is 11.1 Å². The largest absolute Gasteiger partial charge is 0.399 e. The topological polar surface area (TPSA) is 52.0 Å². The van der Waals surface area contributed by atoms with Crippen LogP contribution < -0.4 is 11.5 Å². The van der Waals surface area contributed by atoms with Gasteiger partial charge in [-0.3, -0.25) is 0 Å². The molecule has 0 unspecified atom stereocenters. The molecule has 0 spiro atoms. The van der Waals surface area contributed by atoms with Crippen LogP contribution in [0, 0.1) is 0 Å². The summed E-state index contributed by atoms with van der Waals surface area (Å²) in [5.41, 5.74) is 15.0. The molecule has 0 fully saturated rings. The van der Waals surface area contributed by atoms with E-state index >= 15 is 0 Å². The molecule has 0 aliphatic heterocycles. The van der Waals surface area contributed by atoms with E-state index in [-0.39, 0.29) is 0 Å². The Balaban J connectivity index is 2.54. The zero-order valence-corrected chi connectivity index (χ0v) is 9.66. The Morgan fingerprint density at radius 2 is 1.73 bits per heavy atom. The Kier molecular flexibility index (Phi) is 2.64. The van der Waals surface area contributed by atoms with Crippen molar-refractivity contribution in [1.82, 2.24) is 0 Å². The number of benzene rings is 2. The van der Waals surface area contributed by atoms with E-state index in [1.54, 1.807) is 6.07 Å². The molecule has 0 atom stereocenters. The van der Waals surface area contributed by atoms with Crippen molar-refractivity contribution >= 4 is 27.3 Å². The summed E-state index contributed by atoms with van der Waals surface area (Å²) in [4.78, 5) is 0. The average molecular weight is 263 g/mol. The zero-order valence-electron chi connectivity index (χ0n) is 8.07. The SMILES string of the molecule is Nc1ccc(-c2cccc(Br)c2)c(N)c1. The molecular weight excluding hydrogens is 252 g/mol. The molecule has 0 saturated carbocycles. The van der Waals surface area contributed by atoms with Gasteiger partial charge in [0.2, 0.25) is 0 Å². The zero-order chi connectivity index (χ0) is 10.8. The minimum atomic E-state index is 0.686. The van der Waals surface area contributed by atoms with Gasteiger partial charge in [-0.2, -0.15) is 0 Å². The Morgan fingerprint density at radius 3 is 2.40 bits per heavy atom. The quantitative estimate of drug-likeness (QED) is 0.776. The van der Waals surface area contributed by atoms with E-state index in [0.29, 0.717) is 11.4 Å². The molecule has 76 valence electrons. The average Bonchev–Trinajstić information content (AvgIpc) is 2.17. The molecule has 0 saturated heterocycles. The van der Waals surface area contributed by atoms with E-state index in [1.807, 2.05) is 36.4 Å². The van der Waals surface area contributed by atoms with Gasteiger partial charge in [0.15, 0.2) is 0 Å². The summed E-state index contributed by atoms with van der Waals surface area (Å²) in [6.07, 6.45) is 0. The Bertz CT molecular complexity index is 495. The van der Waals surface area contributed by atoms with Crippen molar-refractivity contribution in [2.45, 2.75) is 0 Å². The van der Waals surface area contributed by atoms with Crippen molar-refractivity contribution in [3.05, 3.63) is 46.9 Å². The van der Waals surface area contributed by atoms with E-state index in [1.165, 1.54) is 0 Å². The third-order valence-corrected chi connectivity index (χ3v) is 2.70. The van der Waals surface area contributed by atoms with Crippen LogP contribution in [0.3, 0.4) is 0 Å². The van der Waals surface area contributed by atoms with Crippen LogP contribution in [0.15, 0.2) is 46.9 Å². The van der Waals surface area contributed by atoms with Crippen molar-refractivity contribution in [2.24, 2.45) is 0 Å². The smallest absolute Gasteiger partial charge is 0.0414 e. The highest BCUT2D eigenvalue weighted by molar-refractivity contribution is 9.10. The van der Waals surface area contributed by atoms with Crippen LogP contribution in [0.2, 0.25) is 0 Å². The number of nitrogens with two attached hydrogens (primary N) is 2. The van der Waals surface area contributed by atoms with Crippen LogP contribution in [0.1, 0.15) is 0 Å². The van der Waals surface area contributed by atoms with Gasteiger partial charge in [-0.1, -0.05) is 34.1 Å². The summed E-state index contributed by atoms with van der Waals surface area (Å²) < 4.78 is 1.04. The van der Waals surface area contributed by atoms with Crippen molar-refractivity contribution in [3.8, 4) is 11.1 Å². The van der Waals surface area contributed by atoms with Crippen LogP contribution in [-0.2, 0) is 0 Å². The van der Waals surface area contributed by atoms with Gasteiger partial charge in [0, 0.05) is 21.4 Å². The van der Waals surface area contributed by atoms with Crippen LogP contribution in [0.5, 0.6) is 0 Å². The lowest BCUT2D eigenvalue weighted by molar-refractivity contribution is 1.58. The van der Waals surface area contributed by atoms with Crippen LogP contribution >= 0.6 is 15.9 Å². The molecule has 2 nitrogen and oxygen atoms in total. The molecule has 0 aliphatic rings. The van der Waals surface area contributed by atoms with Gasteiger partial charge < -0.3 is 11.5 Å². The molecule has 3 heteroatoms. The standard InChI is InChI=1S/C12H11BrN2/c13-9-3-1-2-8(6-9)11-5-4-10(14)7-12(11)15/h1-7H,14-15H2. The maximum absolute atomic E-state index is 5.91. The third kappa shape index (κ3) is 2.13. The maximum atomic E-state index is 5.91. The molecule has 0 heterocycles. The summed E-state index contributed by atoms with van der Waals surface area (Å²) in [5, 5.41) is 0. The predicted octanol–water partition coefficient (Wildman–Crippen LogP) is 3.28. The maximum Gasteiger partial charge on any atom is 0.0414 e. The van der Waals surface area contributed by atoms with Crippen LogP contribution in [0.4, 0.5) is 11.4 Å². The van der Waals surface area contributed by atoms with Gasteiger partial charge in [0.1, 0.15) is 0 Å². The van der Waals surface area contributed by atoms with Crippen molar-refractivity contribution in [2.75, 3.05) is 11.5 Å². The number of hydrogen-bond donors (Lipinski definition) is 2. The van der Waals surface area contributed by atoms with Crippen molar-refractivity contribution in [1.29, 1.82) is 0 Å². The third-order valence-electron chi connectivity index (χ3n) is 2.21. The minimum absolute atomic E-state index is 0.686. The van der Waals surface area contributed by atoms with E-state index < -0.39 is 0 Å². The monoisotopic (exact) mass is 262 g/mol. The fourth-order valence-corrected chi connectivity index (χ4v) is 1.90. The Hall–Kier alpha value is -1.48. The lowest BCUT2D eigenvalue weighted by Gasteiger charge is -2.06. The van der Waals surface area contributed by atoms with Gasteiger partial charge in [-0.15, -0.1) is 0 Å². The summed E-state index contributed by atoms with van der Waals surface area (Å²) >= 11 is 3.43. The fraction of sp³-hybridized carbons (Fsp3) is 0. The second-order valence-electron chi connectivity index (χ2n) is 3.36. The molecule has 15 heavy (non-hydrogen) atoms. The Morgan fingerprint density at radius 1 is 0.933 bits per heavy atom. The second-order valence-corrected chi connectivity index (χ2v) is 4.27. The molecule has 2 rings (SSSR count). The van der Waals surface area contributed by atoms with Gasteiger partial charge in [0.05, 0.1) is 0 Å². The van der Waals surface area contributed by atoms with Gasteiger partial charge in [-0.25, -0.2) is 0 Å². The molecular formula is C12H11BrN2. The lowest BCUT2D eigenvalue weighted by Crippen LogP contribution is -1.92. The molecule has 0 radical (unpaired) electrons. The molecule has 0 amide bonds. The number of rotatable bonds is 1. The van der Waals surface area contributed by atoms with Crippen molar-refractivity contribution in [3.63, 3.8) is 0 Å². The number of anilines is 2.